The van der Waals surface area contributed by atoms with Crippen LogP contribution in [0.5, 0.6) is 0 Å². The number of aromatic nitrogens is 1. The van der Waals surface area contributed by atoms with E-state index in [0.717, 1.165) is 49.2 Å². The summed E-state index contributed by atoms with van der Waals surface area (Å²) in [4.78, 5) is 17.0. The molecule has 4 rings (SSSR count). The molecule has 24 heavy (non-hydrogen) atoms. The summed E-state index contributed by atoms with van der Waals surface area (Å²) in [7, 11) is 0. The quantitative estimate of drug-likeness (QED) is 0.896. The zero-order chi connectivity index (χ0) is 16.7. The molecule has 2 heterocycles. The lowest BCUT2D eigenvalue weighted by Gasteiger charge is -2.23. The molecule has 2 aliphatic rings. The van der Waals surface area contributed by atoms with Crippen LogP contribution in [0.15, 0.2) is 24.3 Å². The van der Waals surface area contributed by atoms with E-state index in [1.54, 1.807) is 0 Å². The van der Waals surface area contributed by atoms with E-state index in [9.17, 15) is 4.79 Å². The number of pyridine rings is 1. The molecule has 124 valence electrons. The molecule has 0 spiro atoms. The first kappa shape index (κ1) is 15.2. The van der Waals surface area contributed by atoms with Crippen molar-refractivity contribution in [2.75, 3.05) is 17.2 Å². The van der Waals surface area contributed by atoms with Gasteiger partial charge in [-0.3, -0.25) is 4.79 Å². The molecule has 0 atom stereocenters. The maximum Gasteiger partial charge on any atom is 0.228 e. The molecule has 0 saturated heterocycles. The summed E-state index contributed by atoms with van der Waals surface area (Å²) in [5.74, 6) is 0.945. The van der Waals surface area contributed by atoms with E-state index in [0.29, 0.717) is 5.82 Å². The van der Waals surface area contributed by atoms with E-state index >= 15 is 0 Å². The van der Waals surface area contributed by atoms with Gasteiger partial charge in [-0.2, -0.15) is 0 Å². The maximum absolute atomic E-state index is 12.1. The Hall–Kier alpha value is -2.36. The number of hydrogen-bond donors (Lipinski definition) is 2. The molecule has 1 aromatic carbocycles. The normalized spacial score (nSPS) is 16.2. The van der Waals surface area contributed by atoms with Gasteiger partial charge in [-0.1, -0.05) is 18.2 Å². The van der Waals surface area contributed by atoms with Crippen LogP contribution in [0, 0.1) is 19.8 Å². The number of fused-ring (bicyclic) bond motifs is 1. The first-order chi connectivity index (χ1) is 11.6. The van der Waals surface area contributed by atoms with Gasteiger partial charge in [0.2, 0.25) is 5.91 Å². The smallest absolute Gasteiger partial charge is 0.228 e. The zero-order valence-electron chi connectivity index (χ0n) is 14.3. The fourth-order valence-electron chi connectivity index (χ4n) is 3.34. The molecule has 4 heteroatoms. The number of aryl methyl sites for hydroxylation is 1. The minimum absolute atomic E-state index is 0.102. The molecule has 0 unspecified atom stereocenters. The highest BCUT2D eigenvalue weighted by Gasteiger charge is 2.30. The molecule has 0 bridgehead atoms. The minimum Gasteiger partial charge on any atom is -0.385 e. The average molecular weight is 321 g/mol. The lowest BCUT2D eigenvalue weighted by atomic mass is 9.93. The van der Waals surface area contributed by atoms with Gasteiger partial charge in [0.15, 0.2) is 0 Å². The van der Waals surface area contributed by atoms with Gasteiger partial charge in [-0.25, -0.2) is 4.98 Å². The van der Waals surface area contributed by atoms with E-state index in [4.69, 9.17) is 4.98 Å². The Morgan fingerprint density at radius 3 is 2.92 bits per heavy atom. The van der Waals surface area contributed by atoms with Crippen molar-refractivity contribution in [1.29, 1.82) is 0 Å². The second-order valence-electron chi connectivity index (χ2n) is 6.92. The highest BCUT2D eigenvalue weighted by molar-refractivity contribution is 5.94. The second-order valence-corrected chi connectivity index (χ2v) is 6.92. The fraction of sp³-hybridized carbons (Fsp3) is 0.400. The Morgan fingerprint density at radius 1 is 1.29 bits per heavy atom. The van der Waals surface area contributed by atoms with Crippen molar-refractivity contribution in [2.24, 2.45) is 5.92 Å². The third kappa shape index (κ3) is 2.77. The Balaban J connectivity index is 1.81. The molecule has 1 saturated carbocycles. The van der Waals surface area contributed by atoms with Crippen molar-refractivity contribution in [3.05, 3.63) is 41.0 Å². The van der Waals surface area contributed by atoms with Gasteiger partial charge in [0.1, 0.15) is 5.82 Å². The molecule has 1 aromatic heterocycles. The first-order valence-corrected chi connectivity index (χ1v) is 8.78. The predicted molar refractivity (Wildman–Crippen MR) is 97.3 cm³/mol. The highest BCUT2D eigenvalue weighted by Crippen LogP contribution is 2.36. The van der Waals surface area contributed by atoms with Crippen LogP contribution in [-0.4, -0.2) is 17.4 Å². The Labute approximate surface area is 142 Å². The third-order valence-corrected chi connectivity index (χ3v) is 5.10. The molecule has 1 amide bonds. The lowest BCUT2D eigenvalue weighted by molar-refractivity contribution is -0.117. The number of benzene rings is 1. The van der Waals surface area contributed by atoms with Gasteiger partial charge in [0.25, 0.3) is 0 Å². The first-order valence-electron chi connectivity index (χ1n) is 8.78. The van der Waals surface area contributed by atoms with E-state index in [2.05, 4.69) is 42.7 Å². The van der Waals surface area contributed by atoms with Gasteiger partial charge >= 0.3 is 0 Å². The van der Waals surface area contributed by atoms with Crippen molar-refractivity contribution in [1.82, 2.24) is 4.98 Å². The van der Waals surface area contributed by atoms with Crippen LogP contribution >= 0.6 is 0 Å². The van der Waals surface area contributed by atoms with Crippen LogP contribution in [-0.2, 0) is 11.2 Å². The number of nitrogens with zero attached hydrogens (tertiary/aromatic N) is 1. The topological polar surface area (TPSA) is 54.0 Å². The number of hydrogen-bond acceptors (Lipinski definition) is 3. The van der Waals surface area contributed by atoms with Crippen molar-refractivity contribution in [2.45, 2.75) is 39.5 Å². The van der Waals surface area contributed by atoms with Gasteiger partial charge in [-0.05, 0) is 50.7 Å². The Morgan fingerprint density at radius 2 is 2.12 bits per heavy atom. The van der Waals surface area contributed by atoms with Crippen LogP contribution in [0.25, 0.3) is 11.3 Å². The summed E-state index contributed by atoms with van der Waals surface area (Å²) >= 11 is 0. The second kappa shape index (κ2) is 5.93. The molecule has 4 nitrogen and oxygen atoms in total. The van der Waals surface area contributed by atoms with E-state index in [1.165, 1.54) is 16.7 Å². The predicted octanol–water partition coefficient (Wildman–Crippen LogP) is 4.07. The van der Waals surface area contributed by atoms with Crippen LogP contribution in [0.2, 0.25) is 0 Å². The van der Waals surface area contributed by atoms with E-state index in [1.807, 2.05) is 6.07 Å². The molecular formula is C20H23N3O. The lowest BCUT2D eigenvalue weighted by Crippen LogP contribution is -2.18. The number of nitrogens with one attached hydrogen (secondary N) is 2. The number of carbonyl (C=O) groups is 1. The summed E-state index contributed by atoms with van der Waals surface area (Å²) < 4.78 is 0. The Kier molecular flexibility index (Phi) is 3.75. The van der Waals surface area contributed by atoms with Crippen molar-refractivity contribution < 1.29 is 4.79 Å². The van der Waals surface area contributed by atoms with Crippen LogP contribution in [0.4, 0.5) is 11.5 Å². The van der Waals surface area contributed by atoms with Crippen LogP contribution in [0.3, 0.4) is 0 Å². The summed E-state index contributed by atoms with van der Waals surface area (Å²) in [6, 6.07) is 8.33. The van der Waals surface area contributed by atoms with E-state index < -0.39 is 0 Å². The van der Waals surface area contributed by atoms with Crippen molar-refractivity contribution >= 4 is 17.4 Å². The van der Waals surface area contributed by atoms with Crippen LogP contribution < -0.4 is 10.6 Å². The summed E-state index contributed by atoms with van der Waals surface area (Å²) in [5.41, 5.74) is 7.06. The SMILES string of the molecule is Cc1cccc(-c2nc(NC(=O)C3CC3)cc3c2CCCN3)c1C. The summed E-state index contributed by atoms with van der Waals surface area (Å²) in [6.45, 7) is 5.24. The molecule has 1 fully saturated rings. The number of rotatable bonds is 3. The summed E-state index contributed by atoms with van der Waals surface area (Å²) in [5, 5.41) is 6.48. The molecular weight excluding hydrogens is 298 g/mol. The standard InChI is InChI=1S/C20H23N3O/c1-12-5-3-6-15(13(12)2)19-16-7-4-10-21-17(16)11-18(22-19)23-20(24)14-8-9-14/h3,5-6,11,14,21H,4,7-10H2,1-2H3,(H,22,23,24). The molecule has 0 radical (unpaired) electrons. The van der Waals surface area contributed by atoms with Gasteiger partial charge in [0, 0.05) is 35.3 Å². The third-order valence-electron chi connectivity index (χ3n) is 5.10. The Bertz CT molecular complexity index is 809. The molecule has 2 N–H and O–H groups in total. The number of anilines is 2. The van der Waals surface area contributed by atoms with Crippen LogP contribution in [0.1, 0.15) is 36.0 Å². The molecule has 2 aromatic rings. The van der Waals surface area contributed by atoms with Crippen molar-refractivity contribution in [3.63, 3.8) is 0 Å². The summed E-state index contributed by atoms with van der Waals surface area (Å²) in [6.07, 6.45) is 4.13. The number of carbonyl (C=O) groups excluding carboxylic acids is 1. The zero-order valence-corrected chi connectivity index (χ0v) is 14.3. The van der Waals surface area contributed by atoms with Crippen molar-refractivity contribution in [3.8, 4) is 11.3 Å². The molecule has 1 aliphatic heterocycles. The monoisotopic (exact) mass is 321 g/mol. The number of amides is 1. The highest BCUT2D eigenvalue weighted by atomic mass is 16.2. The van der Waals surface area contributed by atoms with E-state index in [-0.39, 0.29) is 11.8 Å². The average Bonchev–Trinajstić information content (AvgIpc) is 3.42. The fourth-order valence-corrected chi connectivity index (χ4v) is 3.34. The maximum atomic E-state index is 12.1. The van der Waals surface area contributed by atoms with Gasteiger partial charge in [0.05, 0.1) is 5.69 Å². The minimum atomic E-state index is 0.102. The largest absolute Gasteiger partial charge is 0.385 e. The van der Waals surface area contributed by atoms with Gasteiger partial charge in [-0.15, -0.1) is 0 Å². The molecule has 1 aliphatic carbocycles. The van der Waals surface area contributed by atoms with Gasteiger partial charge < -0.3 is 10.6 Å².